The van der Waals surface area contributed by atoms with Crippen molar-refractivity contribution in [2.45, 2.75) is 44.9 Å². The minimum atomic E-state index is 0.178. The molecule has 36 heavy (non-hydrogen) atoms. The first-order valence-electron chi connectivity index (χ1n) is 12.2. The molecule has 1 N–H and O–H groups in total. The number of nitrogens with one attached hydrogen (secondary N) is 1. The molecule has 2 aliphatic heterocycles. The first kappa shape index (κ1) is 25.1. The topological polar surface area (TPSA) is 86.6 Å². The minimum Gasteiger partial charge on any atom is -0.495 e. The molecule has 2 aliphatic rings. The molecule has 11 heteroatoms. The normalized spacial score (nSPS) is 17.1. The Bertz CT molecular complexity index is 1150. The zero-order valence-corrected chi connectivity index (χ0v) is 21.9. The summed E-state index contributed by atoms with van der Waals surface area (Å²) in [5.74, 6) is 1.55. The molecule has 5 rings (SSSR count). The molecule has 2 saturated heterocycles. The molecule has 0 amide bonds. The lowest BCUT2D eigenvalue weighted by Crippen LogP contribution is -2.51. The van der Waals surface area contributed by atoms with E-state index in [1.165, 1.54) is 0 Å². The summed E-state index contributed by atoms with van der Waals surface area (Å²) >= 11 is 13.0. The number of anilines is 2. The van der Waals surface area contributed by atoms with Gasteiger partial charge in [0.05, 0.1) is 66.7 Å². The molecule has 0 spiro atoms. The van der Waals surface area contributed by atoms with E-state index in [1.54, 1.807) is 25.7 Å². The van der Waals surface area contributed by atoms with Crippen molar-refractivity contribution in [1.29, 1.82) is 0 Å². The van der Waals surface area contributed by atoms with E-state index in [9.17, 15) is 0 Å². The third kappa shape index (κ3) is 5.39. The van der Waals surface area contributed by atoms with Gasteiger partial charge in [0.25, 0.3) is 0 Å². The summed E-state index contributed by atoms with van der Waals surface area (Å²) in [5, 5.41) is 8.80. The number of ether oxygens (including phenoxy) is 3. The molecule has 0 saturated carbocycles. The maximum absolute atomic E-state index is 6.54. The van der Waals surface area contributed by atoms with Gasteiger partial charge in [-0.25, -0.2) is 9.97 Å². The first-order chi connectivity index (χ1) is 17.6. The van der Waals surface area contributed by atoms with Crippen LogP contribution in [0, 0.1) is 0 Å². The molecule has 2 aromatic heterocycles. The van der Waals surface area contributed by atoms with Gasteiger partial charge < -0.3 is 19.5 Å². The monoisotopic (exact) mass is 532 g/mol. The Morgan fingerprint density at radius 3 is 2.47 bits per heavy atom. The fraction of sp³-hybridized carbons (Fsp3) is 0.480. The molecule has 1 aromatic carbocycles. The van der Waals surface area contributed by atoms with Crippen LogP contribution in [0.1, 0.15) is 36.9 Å². The Balaban J connectivity index is 1.16. The molecule has 0 bridgehead atoms. The van der Waals surface area contributed by atoms with Crippen LogP contribution in [0.2, 0.25) is 10.0 Å². The maximum Gasteiger partial charge on any atom is 0.227 e. The second kappa shape index (κ2) is 11.2. The molecular formula is C25H30Cl2N6O3. The number of aromatic nitrogens is 4. The zero-order valence-electron chi connectivity index (χ0n) is 20.4. The molecule has 0 aliphatic carbocycles. The van der Waals surface area contributed by atoms with E-state index in [0.29, 0.717) is 45.1 Å². The Labute approximate surface area is 220 Å². The van der Waals surface area contributed by atoms with Gasteiger partial charge in [-0.05, 0) is 30.9 Å². The standard InChI is InChI=1S/C25H30Cl2N6O3/c1-3-16-8-22(34-2)24(27)21(23(16)26)15-36-20-10-28-25(29-11-20)31-17-9-30-33(12-17)18-4-6-32(7-5-18)19-13-35-14-19/h8-12,18-19H,3-7,13-15H2,1-2H3,(H,28,29,31). The van der Waals surface area contributed by atoms with Crippen molar-refractivity contribution in [2.24, 2.45) is 0 Å². The Hall–Kier alpha value is -2.59. The predicted molar refractivity (Wildman–Crippen MR) is 139 cm³/mol. The van der Waals surface area contributed by atoms with Crippen LogP contribution in [0.15, 0.2) is 30.9 Å². The minimum absolute atomic E-state index is 0.178. The van der Waals surface area contributed by atoms with E-state index in [-0.39, 0.29) is 6.61 Å². The smallest absolute Gasteiger partial charge is 0.227 e. The maximum atomic E-state index is 6.54. The van der Waals surface area contributed by atoms with Gasteiger partial charge in [0, 0.05) is 24.8 Å². The predicted octanol–water partition coefficient (Wildman–Crippen LogP) is 4.91. The van der Waals surface area contributed by atoms with E-state index in [2.05, 4.69) is 25.3 Å². The van der Waals surface area contributed by atoms with Crippen molar-refractivity contribution in [3.05, 3.63) is 52.0 Å². The van der Waals surface area contributed by atoms with E-state index in [0.717, 1.165) is 56.8 Å². The summed E-state index contributed by atoms with van der Waals surface area (Å²) in [6.07, 6.45) is 9.97. The van der Waals surface area contributed by atoms with Crippen LogP contribution in [0.5, 0.6) is 11.5 Å². The van der Waals surface area contributed by atoms with Gasteiger partial charge in [0.1, 0.15) is 12.4 Å². The molecule has 0 unspecified atom stereocenters. The number of hydrogen-bond acceptors (Lipinski definition) is 8. The highest BCUT2D eigenvalue weighted by Gasteiger charge is 2.30. The lowest BCUT2D eigenvalue weighted by Gasteiger charge is -2.41. The van der Waals surface area contributed by atoms with E-state index in [1.807, 2.05) is 23.9 Å². The van der Waals surface area contributed by atoms with Crippen LogP contribution < -0.4 is 14.8 Å². The summed E-state index contributed by atoms with van der Waals surface area (Å²) in [4.78, 5) is 11.3. The number of hydrogen-bond donors (Lipinski definition) is 1. The molecule has 9 nitrogen and oxygen atoms in total. The highest BCUT2D eigenvalue weighted by molar-refractivity contribution is 6.37. The summed E-state index contributed by atoms with van der Waals surface area (Å²) < 4.78 is 18.6. The summed E-state index contributed by atoms with van der Waals surface area (Å²) in [5.41, 5.74) is 2.47. The number of rotatable bonds is 9. The molecule has 3 aromatic rings. The fourth-order valence-electron chi connectivity index (χ4n) is 4.55. The van der Waals surface area contributed by atoms with Gasteiger partial charge in [-0.1, -0.05) is 30.1 Å². The average molecular weight is 533 g/mol. The zero-order chi connectivity index (χ0) is 25.1. The highest BCUT2D eigenvalue weighted by atomic mass is 35.5. The number of aryl methyl sites for hydroxylation is 1. The van der Waals surface area contributed by atoms with E-state index in [4.69, 9.17) is 37.4 Å². The summed E-state index contributed by atoms with van der Waals surface area (Å²) in [6.45, 7) is 6.10. The lowest BCUT2D eigenvalue weighted by atomic mass is 10.0. The van der Waals surface area contributed by atoms with Crippen LogP contribution >= 0.6 is 23.2 Å². The first-order valence-corrected chi connectivity index (χ1v) is 12.9. The summed E-state index contributed by atoms with van der Waals surface area (Å²) in [7, 11) is 1.58. The third-order valence-corrected chi connectivity index (χ3v) is 7.70. The fourth-order valence-corrected chi connectivity index (χ4v) is 5.21. The molecular weight excluding hydrogens is 503 g/mol. The Morgan fingerprint density at radius 1 is 1.08 bits per heavy atom. The Kier molecular flexibility index (Phi) is 7.81. The number of piperidine rings is 1. The van der Waals surface area contributed by atoms with Crippen molar-refractivity contribution in [2.75, 3.05) is 38.7 Å². The Morgan fingerprint density at radius 2 is 1.83 bits per heavy atom. The largest absolute Gasteiger partial charge is 0.495 e. The second-order valence-electron chi connectivity index (χ2n) is 9.02. The van der Waals surface area contributed by atoms with Crippen molar-refractivity contribution in [3.8, 4) is 11.5 Å². The van der Waals surface area contributed by atoms with Crippen LogP contribution in [0.3, 0.4) is 0 Å². The quantitative estimate of drug-likeness (QED) is 0.416. The number of methoxy groups -OCH3 is 1. The van der Waals surface area contributed by atoms with Crippen LogP contribution in [0.4, 0.5) is 11.6 Å². The van der Waals surface area contributed by atoms with Crippen molar-refractivity contribution >= 4 is 34.8 Å². The number of nitrogens with zero attached hydrogens (tertiary/aromatic N) is 5. The van der Waals surface area contributed by atoms with Gasteiger partial charge in [-0.3, -0.25) is 9.58 Å². The highest BCUT2D eigenvalue weighted by Crippen LogP contribution is 2.37. The van der Waals surface area contributed by atoms with Crippen LogP contribution in [-0.2, 0) is 17.8 Å². The molecule has 0 radical (unpaired) electrons. The van der Waals surface area contributed by atoms with Crippen molar-refractivity contribution in [1.82, 2.24) is 24.6 Å². The number of benzene rings is 1. The van der Waals surface area contributed by atoms with Gasteiger partial charge in [-0.15, -0.1) is 0 Å². The van der Waals surface area contributed by atoms with Crippen LogP contribution in [-0.4, -0.2) is 64.1 Å². The SMILES string of the molecule is CCc1cc(OC)c(Cl)c(COc2cnc(Nc3cnn(C4CCN(C5COC5)CC4)c3)nc2)c1Cl. The van der Waals surface area contributed by atoms with Crippen molar-refractivity contribution in [3.63, 3.8) is 0 Å². The van der Waals surface area contributed by atoms with Gasteiger partial charge >= 0.3 is 0 Å². The second-order valence-corrected chi connectivity index (χ2v) is 9.78. The average Bonchev–Trinajstić information content (AvgIpc) is 3.33. The summed E-state index contributed by atoms with van der Waals surface area (Å²) in [6, 6.07) is 2.86. The van der Waals surface area contributed by atoms with Gasteiger partial charge in [-0.2, -0.15) is 5.10 Å². The molecule has 192 valence electrons. The van der Waals surface area contributed by atoms with Gasteiger partial charge in [0.15, 0.2) is 5.75 Å². The van der Waals surface area contributed by atoms with Crippen LogP contribution in [0.25, 0.3) is 0 Å². The number of likely N-dealkylation sites (tertiary alicyclic amines) is 1. The number of halogens is 2. The molecule has 0 atom stereocenters. The van der Waals surface area contributed by atoms with Gasteiger partial charge in [0.2, 0.25) is 5.95 Å². The van der Waals surface area contributed by atoms with E-state index >= 15 is 0 Å². The molecule has 2 fully saturated rings. The molecule has 4 heterocycles. The third-order valence-electron chi connectivity index (χ3n) is 6.81. The lowest BCUT2D eigenvalue weighted by molar-refractivity contribution is -0.0734. The van der Waals surface area contributed by atoms with E-state index < -0.39 is 0 Å². The van der Waals surface area contributed by atoms with Crippen molar-refractivity contribution < 1.29 is 14.2 Å².